The maximum absolute atomic E-state index is 12.3. The summed E-state index contributed by atoms with van der Waals surface area (Å²) < 4.78 is 15.9. The van der Waals surface area contributed by atoms with Gasteiger partial charge in [-0.1, -0.05) is 54.6 Å². The number of benzene rings is 3. The highest BCUT2D eigenvalue weighted by Gasteiger charge is 2.39. The van der Waals surface area contributed by atoms with Gasteiger partial charge in [0.1, 0.15) is 0 Å². The van der Waals surface area contributed by atoms with Gasteiger partial charge in [-0.15, -0.1) is 5.11 Å². The van der Waals surface area contributed by atoms with Gasteiger partial charge in [-0.3, -0.25) is 4.79 Å². The van der Waals surface area contributed by atoms with Crippen LogP contribution in [0.1, 0.15) is 58.2 Å². The molecule has 0 saturated heterocycles. The van der Waals surface area contributed by atoms with Crippen LogP contribution in [0.2, 0.25) is 0 Å². The number of esters is 3. The van der Waals surface area contributed by atoms with Gasteiger partial charge in [0.05, 0.1) is 30.9 Å². The van der Waals surface area contributed by atoms with Crippen molar-refractivity contribution in [2.24, 2.45) is 10.2 Å². The van der Waals surface area contributed by atoms with E-state index >= 15 is 0 Å². The Bertz CT molecular complexity index is 1140. The van der Waals surface area contributed by atoms with Crippen LogP contribution in [0.3, 0.4) is 0 Å². The van der Waals surface area contributed by atoms with E-state index in [2.05, 4.69) is 10.2 Å². The molecule has 0 aromatic heterocycles. The molecule has 0 N–H and O–H groups in total. The summed E-state index contributed by atoms with van der Waals surface area (Å²) in [7, 11) is 0. The summed E-state index contributed by atoms with van der Waals surface area (Å²) in [5, 5.41) is 8.86. The van der Waals surface area contributed by atoms with Crippen molar-refractivity contribution in [3.8, 4) is 0 Å². The quantitative estimate of drug-likeness (QED) is 0.213. The van der Waals surface area contributed by atoms with Gasteiger partial charge in [0.2, 0.25) is 0 Å². The molecule has 0 saturated carbocycles. The van der Waals surface area contributed by atoms with Crippen LogP contribution in [0.15, 0.2) is 89.1 Å². The van der Waals surface area contributed by atoms with E-state index in [4.69, 9.17) is 14.2 Å². The second kappa shape index (κ2) is 12.4. The van der Waals surface area contributed by atoms with Crippen molar-refractivity contribution in [1.82, 2.24) is 0 Å². The zero-order valence-electron chi connectivity index (χ0n) is 20.5. The Labute approximate surface area is 209 Å². The van der Waals surface area contributed by atoms with Crippen LogP contribution in [0.4, 0.5) is 0 Å². The molecule has 3 aromatic rings. The van der Waals surface area contributed by atoms with Crippen LogP contribution in [-0.4, -0.2) is 31.1 Å². The molecule has 0 aliphatic rings. The second-order valence-electron chi connectivity index (χ2n) is 7.72. The average molecular weight is 489 g/mol. The SMILES string of the molecule is CCOC(=O)c1ccc(C(N=NCc2ccccc2)(OC(C)=O)c2ccc(C(=O)OCC)cc2)cc1. The lowest BCUT2D eigenvalue weighted by atomic mass is 9.93. The highest BCUT2D eigenvalue weighted by atomic mass is 16.6. The molecule has 0 unspecified atom stereocenters. The van der Waals surface area contributed by atoms with Crippen molar-refractivity contribution in [2.75, 3.05) is 13.2 Å². The van der Waals surface area contributed by atoms with Gasteiger partial charge < -0.3 is 14.2 Å². The van der Waals surface area contributed by atoms with Crippen molar-refractivity contribution >= 4 is 17.9 Å². The van der Waals surface area contributed by atoms with Crippen LogP contribution >= 0.6 is 0 Å². The highest BCUT2D eigenvalue weighted by molar-refractivity contribution is 5.90. The predicted octanol–water partition coefficient (Wildman–Crippen LogP) is 5.46. The standard InChI is InChI=1S/C28H28N2O6/c1-4-34-26(32)22-11-15-24(16-12-22)28(36-20(3)31,30-29-19-21-9-7-6-8-10-21)25-17-13-23(14-18-25)27(33)35-5-2/h6-18H,4-5,19H2,1-3H3. The molecule has 0 fully saturated rings. The third-order valence-electron chi connectivity index (χ3n) is 5.17. The maximum Gasteiger partial charge on any atom is 0.338 e. The number of carbonyl (C=O) groups excluding carboxylic acids is 3. The fourth-order valence-electron chi connectivity index (χ4n) is 3.52. The van der Waals surface area contributed by atoms with Gasteiger partial charge in [-0.05, 0) is 43.7 Å². The summed E-state index contributed by atoms with van der Waals surface area (Å²) >= 11 is 0. The van der Waals surface area contributed by atoms with Gasteiger partial charge >= 0.3 is 17.9 Å². The van der Waals surface area contributed by atoms with Gasteiger partial charge in [-0.2, -0.15) is 5.11 Å². The number of carbonyl (C=O) groups is 3. The molecule has 0 aliphatic carbocycles. The molecule has 36 heavy (non-hydrogen) atoms. The molecule has 8 heteroatoms. The average Bonchev–Trinajstić information content (AvgIpc) is 2.89. The summed E-state index contributed by atoms with van der Waals surface area (Å²) in [6, 6.07) is 22.4. The third-order valence-corrected chi connectivity index (χ3v) is 5.17. The highest BCUT2D eigenvalue weighted by Crippen LogP contribution is 2.37. The zero-order chi connectivity index (χ0) is 26.0. The lowest BCUT2D eigenvalue weighted by Crippen LogP contribution is -2.31. The normalized spacial score (nSPS) is 11.2. The molecule has 3 rings (SSSR count). The Morgan fingerprint density at radius 2 is 1.19 bits per heavy atom. The molecule has 0 atom stereocenters. The van der Waals surface area contributed by atoms with Gasteiger partial charge in [-0.25, -0.2) is 9.59 Å². The first kappa shape index (κ1) is 26.3. The molecule has 0 aliphatic heterocycles. The molecule has 0 spiro atoms. The lowest BCUT2D eigenvalue weighted by molar-refractivity contribution is -0.154. The monoisotopic (exact) mass is 488 g/mol. The molecule has 186 valence electrons. The van der Waals surface area contributed by atoms with Crippen LogP contribution in [0.5, 0.6) is 0 Å². The second-order valence-corrected chi connectivity index (χ2v) is 7.72. The third kappa shape index (κ3) is 6.41. The minimum absolute atomic E-state index is 0.248. The Balaban J connectivity index is 2.09. The molecule has 8 nitrogen and oxygen atoms in total. The summed E-state index contributed by atoms with van der Waals surface area (Å²) in [5.74, 6) is -1.52. The summed E-state index contributed by atoms with van der Waals surface area (Å²) in [5.41, 5.74) is 0.889. The Morgan fingerprint density at radius 1 is 0.722 bits per heavy atom. The maximum atomic E-state index is 12.3. The number of hydrogen-bond donors (Lipinski definition) is 0. The summed E-state index contributed by atoms with van der Waals surface area (Å²) in [6.45, 7) is 5.49. The van der Waals surface area contributed by atoms with E-state index in [9.17, 15) is 14.4 Å². The van der Waals surface area contributed by atoms with E-state index in [0.29, 0.717) is 22.3 Å². The van der Waals surface area contributed by atoms with Gasteiger partial charge in [0.25, 0.3) is 5.72 Å². The molecule has 0 bridgehead atoms. The number of nitrogens with zero attached hydrogens (tertiary/aromatic N) is 2. The predicted molar refractivity (Wildman–Crippen MR) is 132 cm³/mol. The zero-order valence-corrected chi connectivity index (χ0v) is 20.5. The Morgan fingerprint density at radius 3 is 1.61 bits per heavy atom. The first-order valence-electron chi connectivity index (χ1n) is 11.6. The number of hydrogen-bond acceptors (Lipinski definition) is 8. The lowest BCUT2D eigenvalue weighted by Gasteiger charge is -2.29. The van der Waals surface area contributed by atoms with Crippen molar-refractivity contribution in [2.45, 2.75) is 33.0 Å². The van der Waals surface area contributed by atoms with E-state index in [1.807, 2.05) is 30.3 Å². The molecular weight excluding hydrogens is 460 g/mol. The molecule has 3 aromatic carbocycles. The van der Waals surface area contributed by atoms with Crippen LogP contribution in [0, 0.1) is 0 Å². The van der Waals surface area contributed by atoms with Crippen molar-refractivity contribution in [3.63, 3.8) is 0 Å². The largest absolute Gasteiger partial charge is 0.462 e. The smallest absolute Gasteiger partial charge is 0.338 e. The van der Waals surface area contributed by atoms with E-state index in [0.717, 1.165) is 5.56 Å². The van der Waals surface area contributed by atoms with E-state index in [1.165, 1.54) is 6.92 Å². The van der Waals surface area contributed by atoms with Crippen LogP contribution in [-0.2, 0) is 31.3 Å². The summed E-state index contributed by atoms with van der Waals surface area (Å²) in [6.07, 6.45) is 0. The fourth-order valence-corrected chi connectivity index (χ4v) is 3.52. The Hall–Kier alpha value is -4.33. The van der Waals surface area contributed by atoms with E-state index in [1.54, 1.807) is 62.4 Å². The Kier molecular flexibility index (Phi) is 9.05. The van der Waals surface area contributed by atoms with Crippen molar-refractivity contribution in [1.29, 1.82) is 0 Å². The molecule has 0 heterocycles. The minimum atomic E-state index is -1.65. The number of rotatable bonds is 10. The van der Waals surface area contributed by atoms with E-state index in [-0.39, 0.29) is 19.8 Å². The molecule has 0 amide bonds. The fraction of sp³-hybridized carbons (Fsp3) is 0.250. The van der Waals surface area contributed by atoms with E-state index < -0.39 is 23.6 Å². The number of ether oxygens (including phenoxy) is 3. The molecule has 0 radical (unpaired) electrons. The van der Waals surface area contributed by atoms with Crippen LogP contribution < -0.4 is 0 Å². The topological polar surface area (TPSA) is 104 Å². The number of azo groups is 1. The van der Waals surface area contributed by atoms with Gasteiger partial charge in [0, 0.05) is 18.1 Å². The van der Waals surface area contributed by atoms with Gasteiger partial charge in [0.15, 0.2) is 0 Å². The summed E-state index contributed by atoms with van der Waals surface area (Å²) in [4.78, 5) is 36.6. The van der Waals surface area contributed by atoms with Crippen molar-refractivity contribution in [3.05, 3.63) is 107 Å². The first-order valence-corrected chi connectivity index (χ1v) is 11.6. The first-order chi connectivity index (χ1) is 17.4. The van der Waals surface area contributed by atoms with Crippen molar-refractivity contribution < 1.29 is 28.6 Å². The molecular formula is C28H28N2O6. The van der Waals surface area contributed by atoms with Crippen LogP contribution in [0.25, 0.3) is 0 Å². The minimum Gasteiger partial charge on any atom is -0.462 e.